The fourth-order valence-electron chi connectivity index (χ4n) is 2.51. The predicted octanol–water partition coefficient (Wildman–Crippen LogP) is 1.48. The molecule has 0 radical (unpaired) electrons. The minimum Gasteiger partial charge on any atom is -0.461 e. The third-order valence-electron chi connectivity index (χ3n) is 3.70. The summed E-state index contributed by atoms with van der Waals surface area (Å²) in [7, 11) is 0. The van der Waals surface area contributed by atoms with Crippen LogP contribution in [0.2, 0.25) is 0 Å². The Bertz CT molecular complexity index is 355. The average Bonchev–Trinajstić information content (AvgIpc) is 2.55. The van der Waals surface area contributed by atoms with E-state index in [1.54, 1.807) is 0 Å². The summed E-state index contributed by atoms with van der Waals surface area (Å²) in [5.74, 6) is -0.368. The Kier molecular flexibility index (Phi) is 9.46. The SMILES string of the molecule is C=CCN(CC=C)CCC(COC(=O)C=C)N1CCOCC1. The molecule has 1 rings (SSSR count). The number of hydrogen-bond acceptors (Lipinski definition) is 5. The smallest absolute Gasteiger partial charge is 0.330 e. The van der Waals surface area contributed by atoms with Crippen molar-refractivity contribution in [1.29, 1.82) is 0 Å². The monoisotopic (exact) mass is 308 g/mol. The summed E-state index contributed by atoms with van der Waals surface area (Å²) in [6, 6.07) is 0.199. The molecule has 0 aromatic carbocycles. The lowest BCUT2D eigenvalue weighted by atomic mass is 10.1. The summed E-state index contributed by atoms with van der Waals surface area (Å²) in [4.78, 5) is 15.9. The Labute approximate surface area is 133 Å². The fourth-order valence-corrected chi connectivity index (χ4v) is 2.51. The Morgan fingerprint density at radius 3 is 2.41 bits per heavy atom. The van der Waals surface area contributed by atoms with Gasteiger partial charge in [-0.1, -0.05) is 18.7 Å². The highest BCUT2D eigenvalue weighted by Crippen LogP contribution is 2.10. The first kappa shape index (κ1) is 18.6. The van der Waals surface area contributed by atoms with E-state index in [-0.39, 0.29) is 12.0 Å². The van der Waals surface area contributed by atoms with Crippen LogP contribution < -0.4 is 0 Å². The number of hydrogen-bond donors (Lipinski definition) is 0. The van der Waals surface area contributed by atoms with Gasteiger partial charge in [0.15, 0.2) is 0 Å². The van der Waals surface area contributed by atoms with Gasteiger partial charge in [0.1, 0.15) is 6.61 Å². The summed E-state index contributed by atoms with van der Waals surface area (Å²) < 4.78 is 10.7. The van der Waals surface area contributed by atoms with Crippen molar-refractivity contribution in [2.75, 3.05) is 52.5 Å². The van der Waals surface area contributed by atoms with Crippen LogP contribution >= 0.6 is 0 Å². The zero-order valence-corrected chi connectivity index (χ0v) is 13.4. The van der Waals surface area contributed by atoms with Crippen LogP contribution in [-0.4, -0.2) is 74.4 Å². The van der Waals surface area contributed by atoms with Gasteiger partial charge in [0.25, 0.3) is 0 Å². The first-order chi connectivity index (χ1) is 10.7. The number of nitrogens with zero attached hydrogens (tertiary/aromatic N) is 2. The molecule has 124 valence electrons. The maximum atomic E-state index is 11.3. The Hall–Kier alpha value is -1.43. The Morgan fingerprint density at radius 1 is 1.23 bits per heavy atom. The highest BCUT2D eigenvalue weighted by Gasteiger charge is 2.22. The molecule has 0 N–H and O–H groups in total. The van der Waals surface area contributed by atoms with Gasteiger partial charge in [-0.3, -0.25) is 9.80 Å². The second-order valence-electron chi connectivity index (χ2n) is 5.26. The van der Waals surface area contributed by atoms with E-state index in [2.05, 4.69) is 29.5 Å². The van der Waals surface area contributed by atoms with Crippen molar-refractivity contribution in [3.05, 3.63) is 38.0 Å². The summed E-state index contributed by atoms with van der Waals surface area (Å²) in [6.45, 7) is 17.2. The van der Waals surface area contributed by atoms with E-state index in [9.17, 15) is 4.79 Å². The van der Waals surface area contributed by atoms with Crippen LogP contribution in [0.3, 0.4) is 0 Å². The number of carbonyl (C=O) groups excluding carboxylic acids is 1. The second kappa shape index (κ2) is 11.2. The third kappa shape index (κ3) is 7.02. The van der Waals surface area contributed by atoms with E-state index in [4.69, 9.17) is 9.47 Å². The lowest BCUT2D eigenvalue weighted by Gasteiger charge is -2.35. The van der Waals surface area contributed by atoms with Gasteiger partial charge in [-0.15, -0.1) is 13.2 Å². The molecule has 1 fully saturated rings. The normalized spacial score (nSPS) is 17.0. The number of carbonyl (C=O) groups is 1. The number of esters is 1. The summed E-state index contributed by atoms with van der Waals surface area (Å²) >= 11 is 0. The van der Waals surface area contributed by atoms with Gasteiger partial charge < -0.3 is 9.47 Å². The van der Waals surface area contributed by atoms with E-state index in [1.165, 1.54) is 6.08 Å². The zero-order valence-electron chi connectivity index (χ0n) is 13.4. The second-order valence-corrected chi connectivity index (χ2v) is 5.26. The zero-order chi connectivity index (χ0) is 16.2. The van der Waals surface area contributed by atoms with Gasteiger partial charge in [0.2, 0.25) is 0 Å². The fraction of sp³-hybridized carbons (Fsp3) is 0.588. The molecule has 1 heterocycles. The molecule has 1 aliphatic heterocycles. The van der Waals surface area contributed by atoms with Crippen LogP contribution in [0.1, 0.15) is 6.42 Å². The topological polar surface area (TPSA) is 42.0 Å². The summed E-state index contributed by atoms with van der Waals surface area (Å²) in [6.07, 6.45) is 5.92. The van der Waals surface area contributed by atoms with Crippen molar-refractivity contribution >= 4 is 5.97 Å². The molecule has 0 bridgehead atoms. The van der Waals surface area contributed by atoms with Crippen LogP contribution in [0.25, 0.3) is 0 Å². The molecule has 0 aromatic rings. The molecule has 0 amide bonds. The minimum atomic E-state index is -0.368. The van der Waals surface area contributed by atoms with Crippen LogP contribution in [0.5, 0.6) is 0 Å². The summed E-state index contributed by atoms with van der Waals surface area (Å²) in [5, 5.41) is 0. The molecule has 22 heavy (non-hydrogen) atoms. The minimum absolute atomic E-state index is 0.199. The highest BCUT2D eigenvalue weighted by atomic mass is 16.5. The van der Waals surface area contributed by atoms with Crippen molar-refractivity contribution in [1.82, 2.24) is 9.80 Å². The molecule has 0 aromatic heterocycles. The van der Waals surface area contributed by atoms with E-state index >= 15 is 0 Å². The summed E-state index contributed by atoms with van der Waals surface area (Å²) in [5.41, 5.74) is 0. The van der Waals surface area contributed by atoms with Crippen LogP contribution in [0, 0.1) is 0 Å². The standard InChI is InChI=1S/C17H28N2O3/c1-4-8-18(9-5-2)10-7-16(15-22-17(20)6-3)19-11-13-21-14-12-19/h4-6,16H,1-3,7-15H2. The quantitative estimate of drug-likeness (QED) is 0.328. The van der Waals surface area contributed by atoms with E-state index in [0.717, 1.165) is 52.4 Å². The molecule has 0 spiro atoms. The Morgan fingerprint density at radius 2 is 1.86 bits per heavy atom. The van der Waals surface area contributed by atoms with Crippen LogP contribution in [0.4, 0.5) is 0 Å². The van der Waals surface area contributed by atoms with Crippen LogP contribution in [-0.2, 0) is 14.3 Å². The molecular weight excluding hydrogens is 280 g/mol. The molecule has 5 nitrogen and oxygen atoms in total. The molecule has 0 aliphatic carbocycles. The van der Waals surface area contributed by atoms with Crippen molar-refractivity contribution in [2.45, 2.75) is 12.5 Å². The van der Waals surface area contributed by atoms with E-state index in [0.29, 0.717) is 6.61 Å². The number of rotatable bonds is 11. The molecule has 0 saturated carbocycles. The lowest BCUT2D eigenvalue weighted by molar-refractivity contribution is -0.140. The maximum Gasteiger partial charge on any atom is 0.330 e. The van der Waals surface area contributed by atoms with Crippen molar-refractivity contribution < 1.29 is 14.3 Å². The molecular formula is C17H28N2O3. The lowest BCUT2D eigenvalue weighted by Crippen LogP contribution is -2.47. The number of ether oxygens (including phenoxy) is 2. The van der Waals surface area contributed by atoms with Gasteiger partial charge >= 0.3 is 5.97 Å². The maximum absolute atomic E-state index is 11.3. The van der Waals surface area contributed by atoms with Crippen molar-refractivity contribution in [2.24, 2.45) is 0 Å². The largest absolute Gasteiger partial charge is 0.461 e. The van der Waals surface area contributed by atoms with Gasteiger partial charge in [0, 0.05) is 44.8 Å². The van der Waals surface area contributed by atoms with Gasteiger partial charge in [-0.2, -0.15) is 0 Å². The van der Waals surface area contributed by atoms with E-state index < -0.39 is 0 Å². The van der Waals surface area contributed by atoms with Crippen molar-refractivity contribution in [3.8, 4) is 0 Å². The highest BCUT2D eigenvalue weighted by molar-refractivity contribution is 5.81. The van der Waals surface area contributed by atoms with E-state index in [1.807, 2.05) is 12.2 Å². The molecule has 1 atom stereocenters. The number of morpholine rings is 1. The molecule has 1 unspecified atom stereocenters. The van der Waals surface area contributed by atoms with Gasteiger partial charge in [-0.25, -0.2) is 4.79 Å². The van der Waals surface area contributed by atoms with Crippen LogP contribution in [0.15, 0.2) is 38.0 Å². The third-order valence-corrected chi connectivity index (χ3v) is 3.70. The molecule has 5 heteroatoms. The Balaban J connectivity index is 2.54. The molecule has 1 saturated heterocycles. The van der Waals surface area contributed by atoms with Gasteiger partial charge in [-0.05, 0) is 6.42 Å². The predicted molar refractivity (Wildman–Crippen MR) is 88.8 cm³/mol. The first-order valence-electron chi connectivity index (χ1n) is 7.76. The van der Waals surface area contributed by atoms with Gasteiger partial charge in [0.05, 0.1) is 13.2 Å². The molecule has 1 aliphatic rings. The van der Waals surface area contributed by atoms with Crippen molar-refractivity contribution in [3.63, 3.8) is 0 Å². The average molecular weight is 308 g/mol. The first-order valence-corrected chi connectivity index (χ1v) is 7.76.